The molecule has 0 radical (unpaired) electrons. The number of amides is 2. The zero-order valence-electron chi connectivity index (χ0n) is 20.3. The van der Waals surface area contributed by atoms with E-state index in [4.69, 9.17) is 10.00 Å². The van der Waals surface area contributed by atoms with Crippen LogP contribution in [0.15, 0.2) is 18.3 Å². The monoisotopic (exact) mass is 456 g/mol. The van der Waals surface area contributed by atoms with E-state index < -0.39 is 5.60 Å². The first-order valence-corrected chi connectivity index (χ1v) is 11.7. The van der Waals surface area contributed by atoms with Crippen molar-refractivity contribution in [3.63, 3.8) is 0 Å². The molecule has 0 bridgehead atoms. The molecule has 0 unspecified atom stereocenters. The van der Waals surface area contributed by atoms with Crippen LogP contribution in [0, 0.1) is 11.3 Å². The predicted octanol–water partition coefficient (Wildman–Crippen LogP) is 2.32. The van der Waals surface area contributed by atoms with Crippen LogP contribution >= 0.6 is 0 Å². The van der Waals surface area contributed by atoms with Crippen molar-refractivity contribution in [2.24, 2.45) is 0 Å². The number of piperazine rings is 1. The van der Waals surface area contributed by atoms with Gasteiger partial charge >= 0.3 is 6.09 Å². The van der Waals surface area contributed by atoms with Gasteiger partial charge in [-0.25, -0.2) is 9.78 Å². The highest BCUT2D eigenvalue weighted by Gasteiger charge is 2.33. The summed E-state index contributed by atoms with van der Waals surface area (Å²) in [4.78, 5) is 37.6. The number of anilines is 1. The Morgan fingerprint density at radius 1 is 1.21 bits per heavy atom. The predicted molar refractivity (Wildman–Crippen MR) is 126 cm³/mol. The Balaban J connectivity index is 1.40. The Bertz CT molecular complexity index is 852. The molecule has 0 saturated carbocycles. The van der Waals surface area contributed by atoms with Crippen molar-refractivity contribution in [1.29, 1.82) is 5.26 Å². The summed E-state index contributed by atoms with van der Waals surface area (Å²) < 4.78 is 5.55. The molecule has 3 rings (SSSR count). The SMILES string of the molecule is CN(CCC(=O)N1CCN(c2ccc(C#N)cn2)CC1)C[C@@H]1CCCN1C(=O)OC(C)(C)C. The summed E-state index contributed by atoms with van der Waals surface area (Å²) in [5.41, 5.74) is 0.0476. The number of hydrogen-bond donors (Lipinski definition) is 0. The van der Waals surface area contributed by atoms with Crippen molar-refractivity contribution < 1.29 is 14.3 Å². The minimum Gasteiger partial charge on any atom is -0.444 e. The van der Waals surface area contributed by atoms with E-state index in [0.29, 0.717) is 31.6 Å². The molecule has 2 amide bonds. The van der Waals surface area contributed by atoms with Gasteiger partial charge in [0.05, 0.1) is 5.56 Å². The van der Waals surface area contributed by atoms with Crippen molar-refractivity contribution in [2.75, 3.05) is 57.8 Å². The molecule has 2 aliphatic rings. The Morgan fingerprint density at radius 3 is 2.55 bits per heavy atom. The van der Waals surface area contributed by atoms with Crippen molar-refractivity contribution in [3.8, 4) is 6.07 Å². The summed E-state index contributed by atoms with van der Waals surface area (Å²) in [6.45, 7) is 10.6. The largest absolute Gasteiger partial charge is 0.444 e. The maximum atomic E-state index is 12.7. The third-order valence-corrected chi connectivity index (χ3v) is 6.07. The van der Waals surface area contributed by atoms with Crippen LogP contribution in [0.1, 0.15) is 45.6 Å². The molecule has 1 aromatic heterocycles. The number of hydrogen-bond acceptors (Lipinski definition) is 7. The van der Waals surface area contributed by atoms with Crippen molar-refractivity contribution in [2.45, 2.75) is 51.7 Å². The smallest absolute Gasteiger partial charge is 0.410 e. The van der Waals surface area contributed by atoms with E-state index in [2.05, 4.69) is 20.9 Å². The first-order chi connectivity index (χ1) is 15.7. The van der Waals surface area contributed by atoms with Gasteiger partial charge in [0.1, 0.15) is 17.5 Å². The fourth-order valence-electron chi connectivity index (χ4n) is 4.31. The summed E-state index contributed by atoms with van der Waals surface area (Å²) in [6, 6.07) is 5.83. The van der Waals surface area contributed by atoms with Crippen molar-refractivity contribution in [3.05, 3.63) is 23.9 Å². The van der Waals surface area contributed by atoms with E-state index in [1.165, 1.54) is 0 Å². The van der Waals surface area contributed by atoms with E-state index in [9.17, 15) is 9.59 Å². The maximum Gasteiger partial charge on any atom is 0.410 e. The fraction of sp³-hybridized carbons (Fsp3) is 0.667. The van der Waals surface area contributed by atoms with E-state index in [0.717, 1.165) is 44.8 Å². The molecule has 2 saturated heterocycles. The summed E-state index contributed by atoms with van der Waals surface area (Å²) >= 11 is 0. The molecule has 1 aromatic rings. The van der Waals surface area contributed by atoms with Crippen LogP contribution in [0.5, 0.6) is 0 Å². The molecule has 1 atom stereocenters. The van der Waals surface area contributed by atoms with Gasteiger partial charge in [-0.2, -0.15) is 5.26 Å². The molecular formula is C24H36N6O3. The second-order valence-corrected chi connectivity index (χ2v) is 9.87. The molecule has 0 spiro atoms. The summed E-state index contributed by atoms with van der Waals surface area (Å²) in [5, 5.41) is 8.91. The van der Waals surface area contributed by atoms with E-state index in [1.807, 2.05) is 43.7 Å². The number of carbonyl (C=O) groups excluding carboxylic acids is 2. The standard InChI is InChI=1S/C24H36N6O3/c1-24(2,3)33-23(32)30-10-5-6-20(30)18-27(4)11-9-22(31)29-14-12-28(13-15-29)21-8-7-19(16-25)17-26-21/h7-8,17,20H,5-6,9-15,18H2,1-4H3/t20-/m0/s1. The minimum atomic E-state index is -0.497. The van der Waals surface area contributed by atoms with Gasteiger partial charge in [-0.05, 0) is 52.8 Å². The zero-order chi connectivity index (χ0) is 24.0. The lowest BCUT2D eigenvalue weighted by atomic mass is 10.2. The molecule has 3 heterocycles. The second-order valence-electron chi connectivity index (χ2n) is 9.87. The Kier molecular flexibility index (Phi) is 8.14. The van der Waals surface area contributed by atoms with Gasteiger partial charge in [0.25, 0.3) is 0 Å². The highest BCUT2D eigenvalue weighted by atomic mass is 16.6. The third kappa shape index (κ3) is 7.06. The lowest BCUT2D eigenvalue weighted by molar-refractivity contribution is -0.131. The Morgan fingerprint density at radius 2 is 1.94 bits per heavy atom. The maximum absolute atomic E-state index is 12.7. The number of ether oxygens (including phenoxy) is 1. The Labute approximate surface area is 196 Å². The van der Waals surface area contributed by atoms with E-state index >= 15 is 0 Å². The summed E-state index contributed by atoms with van der Waals surface area (Å²) in [5.74, 6) is 0.997. The average Bonchev–Trinajstić information content (AvgIpc) is 3.25. The van der Waals surface area contributed by atoms with Crippen LogP contribution in [-0.4, -0.2) is 96.2 Å². The number of pyridine rings is 1. The van der Waals surface area contributed by atoms with Crippen molar-refractivity contribution >= 4 is 17.8 Å². The van der Waals surface area contributed by atoms with Gasteiger partial charge in [-0.3, -0.25) is 4.79 Å². The normalized spacial score (nSPS) is 19.0. The van der Waals surface area contributed by atoms with Gasteiger partial charge < -0.3 is 24.3 Å². The number of rotatable bonds is 6. The molecule has 2 fully saturated rings. The van der Waals surface area contributed by atoms with Gasteiger partial charge in [0.15, 0.2) is 0 Å². The lowest BCUT2D eigenvalue weighted by Crippen LogP contribution is -2.49. The van der Waals surface area contributed by atoms with Gasteiger partial charge in [-0.1, -0.05) is 0 Å². The molecule has 0 aromatic carbocycles. The molecular weight excluding hydrogens is 420 g/mol. The van der Waals surface area contributed by atoms with Gasteiger partial charge in [0, 0.05) is 64.5 Å². The second kappa shape index (κ2) is 10.8. The van der Waals surface area contributed by atoms with Crippen LogP contribution in [-0.2, 0) is 9.53 Å². The van der Waals surface area contributed by atoms with Crippen LogP contribution < -0.4 is 4.90 Å². The highest BCUT2D eigenvalue weighted by Crippen LogP contribution is 2.21. The van der Waals surface area contributed by atoms with Crippen LogP contribution in [0.4, 0.5) is 10.6 Å². The zero-order valence-corrected chi connectivity index (χ0v) is 20.3. The van der Waals surface area contributed by atoms with Gasteiger partial charge in [-0.15, -0.1) is 0 Å². The summed E-state index contributed by atoms with van der Waals surface area (Å²) in [6.07, 6.45) is 3.74. The Hall–Kier alpha value is -2.86. The molecule has 180 valence electrons. The number of aromatic nitrogens is 1. The molecule has 0 N–H and O–H groups in total. The average molecular weight is 457 g/mol. The van der Waals surface area contributed by atoms with Crippen LogP contribution in [0.2, 0.25) is 0 Å². The van der Waals surface area contributed by atoms with E-state index in [-0.39, 0.29) is 18.0 Å². The first-order valence-electron chi connectivity index (χ1n) is 11.7. The summed E-state index contributed by atoms with van der Waals surface area (Å²) in [7, 11) is 2.01. The van der Waals surface area contributed by atoms with E-state index in [1.54, 1.807) is 12.3 Å². The minimum absolute atomic E-state index is 0.128. The van der Waals surface area contributed by atoms with Crippen molar-refractivity contribution in [1.82, 2.24) is 19.7 Å². The number of likely N-dealkylation sites (N-methyl/N-ethyl adjacent to an activating group) is 1. The molecule has 9 nitrogen and oxygen atoms in total. The quantitative estimate of drug-likeness (QED) is 0.648. The highest BCUT2D eigenvalue weighted by molar-refractivity contribution is 5.76. The van der Waals surface area contributed by atoms with Gasteiger partial charge in [0.2, 0.25) is 5.91 Å². The molecule has 2 aliphatic heterocycles. The van der Waals surface area contributed by atoms with Crippen LogP contribution in [0.25, 0.3) is 0 Å². The number of nitrogens with zero attached hydrogens (tertiary/aromatic N) is 6. The molecule has 9 heteroatoms. The number of carbonyl (C=O) groups is 2. The number of nitriles is 1. The molecule has 0 aliphatic carbocycles. The van der Waals surface area contributed by atoms with Crippen LogP contribution in [0.3, 0.4) is 0 Å². The topological polar surface area (TPSA) is 93.0 Å². The molecule has 33 heavy (non-hydrogen) atoms. The first kappa shape index (κ1) is 24.8. The number of likely N-dealkylation sites (tertiary alicyclic amines) is 1. The lowest BCUT2D eigenvalue weighted by Gasteiger charge is -2.36. The third-order valence-electron chi connectivity index (χ3n) is 6.07. The fourth-order valence-corrected chi connectivity index (χ4v) is 4.31.